The van der Waals surface area contributed by atoms with Crippen LogP contribution in [-0.4, -0.2) is 8.80 Å². The van der Waals surface area contributed by atoms with Crippen LogP contribution in [-0.2, 0) is 10.8 Å². The highest BCUT2D eigenvalue weighted by Crippen LogP contribution is 2.53. The molecule has 0 fully saturated rings. The lowest BCUT2D eigenvalue weighted by Gasteiger charge is -2.27. The Morgan fingerprint density at radius 3 is 1.15 bits per heavy atom. The van der Waals surface area contributed by atoms with E-state index < -0.39 is 193 Å². The molecule has 0 aliphatic carbocycles. The van der Waals surface area contributed by atoms with Gasteiger partial charge in [0, 0.05) is 85.0 Å². The Hall–Kier alpha value is -7.82. The van der Waals surface area contributed by atoms with Gasteiger partial charge in [-0.05, 0) is 117 Å². The van der Waals surface area contributed by atoms with E-state index in [-0.39, 0.29) is 77.8 Å². The summed E-state index contributed by atoms with van der Waals surface area (Å²) in [5.41, 5.74) is -5.52. The van der Waals surface area contributed by atoms with E-state index in [4.69, 9.17) is 27.4 Å². The van der Waals surface area contributed by atoms with Crippen LogP contribution in [0.25, 0.3) is 76.2 Å². The third-order valence-electron chi connectivity index (χ3n) is 13.5. The Morgan fingerprint density at radius 2 is 0.792 bits per heavy atom. The maximum atomic E-state index is 10.9. The first-order valence-corrected chi connectivity index (χ1v) is 23.0. The van der Waals surface area contributed by atoms with Crippen molar-refractivity contribution in [2.75, 3.05) is 9.80 Å². The number of rotatable bonds is 8. The lowest BCUT2D eigenvalue weighted by atomic mass is 9.85. The first-order valence-electron chi connectivity index (χ1n) is 40.0. The number of hydrogen-bond acceptors (Lipinski definition) is 2. The number of aromatic nitrogens is 2. The first-order chi connectivity index (χ1) is 48.6. The molecular weight excluding hydrogens is 873 g/mol. The Labute approximate surface area is 470 Å². The van der Waals surface area contributed by atoms with Crippen LogP contribution < -0.4 is 9.80 Å². The molecule has 13 rings (SSSR count). The molecule has 0 saturated carbocycles. The first kappa shape index (κ1) is 21.1. The van der Waals surface area contributed by atoms with E-state index in [0.717, 1.165) is 9.80 Å². The van der Waals surface area contributed by atoms with Crippen molar-refractivity contribution in [1.29, 1.82) is 0 Å². The van der Waals surface area contributed by atoms with Crippen molar-refractivity contribution in [3.8, 4) is 0 Å². The molecule has 0 amide bonds. The molecule has 0 atom stereocenters. The van der Waals surface area contributed by atoms with E-state index in [1.54, 1.807) is 33.1 Å². The van der Waals surface area contributed by atoms with Gasteiger partial charge in [0.15, 0.2) is 0 Å². The molecule has 4 heterocycles. The van der Waals surface area contributed by atoms with Crippen molar-refractivity contribution < 1.29 is 46.6 Å². The van der Waals surface area contributed by atoms with Crippen LogP contribution in [0.5, 0.6) is 0 Å². The highest BCUT2D eigenvalue weighted by Gasteiger charge is 2.31. The fourth-order valence-corrected chi connectivity index (χ4v) is 10.5. The molecule has 0 spiro atoms. The maximum Gasteiger partial charge on any atom is 0.0653 e. The average molecular weight is 969 g/mol. The normalized spacial score (nSPS) is 20.6. The highest BCUT2D eigenvalue weighted by atomic mass is 15.2. The summed E-state index contributed by atoms with van der Waals surface area (Å²) >= 11 is 0. The molecule has 0 radical (unpaired) electrons. The molecule has 354 valence electrons. The average Bonchev–Trinajstić information content (AvgIpc) is 1.48. The molecule has 0 aliphatic rings. The standard InChI is InChI=1S/C68H62N4/c1-41(2)43-27-31-47(32-28-43)69(45-19-13-11-14-20-45)57-37-35-49-53-39-60-54(40-59(53)71-63-51(61(57)65(49)71)23-17-25-55(63)67(5,6)7)50-36-38-58(62-52-24-18-26-56(68(8,9)10)64(52)72(60)66(50)62)70(46-21-15-12-16-22-46)48-33-29-44(30-34-48)42(3)4/h11-42H,1-10H3/i1D3,2D3,3D3,4D3,11D,12D,13D,14D,15D,16D,19D,20D,21D,22D,27D,28D,29D,30D,31D,32D,33D,34D,39D,40D,41D,42D. The largest absolute Gasteiger partial charge is 0.310 e. The maximum absolute atomic E-state index is 10.9. The molecule has 4 heteroatoms. The van der Waals surface area contributed by atoms with Gasteiger partial charge in [-0.15, -0.1) is 0 Å². The summed E-state index contributed by atoms with van der Waals surface area (Å²) in [7, 11) is 0. The van der Waals surface area contributed by atoms with Crippen LogP contribution in [0.1, 0.15) is 150 Å². The molecule has 0 N–H and O–H groups in total. The zero-order chi connectivity index (χ0) is 78.8. The summed E-state index contributed by atoms with van der Waals surface area (Å²) in [6, 6.07) is -3.60. The third-order valence-corrected chi connectivity index (χ3v) is 13.5. The third kappa shape index (κ3) is 6.43. The topological polar surface area (TPSA) is 15.3 Å². The molecule has 9 aromatic carbocycles. The van der Waals surface area contributed by atoms with E-state index >= 15 is 0 Å². The van der Waals surface area contributed by atoms with Crippen molar-refractivity contribution in [2.45, 2.75) is 91.6 Å². The second kappa shape index (κ2) is 15.8. The molecule has 72 heavy (non-hydrogen) atoms. The number of nitrogens with zero attached hydrogens (tertiary/aromatic N) is 4. The van der Waals surface area contributed by atoms with E-state index in [0.29, 0.717) is 32.9 Å². The summed E-state index contributed by atoms with van der Waals surface area (Å²) in [5.74, 6) is -7.61. The summed E-state index contributed by atoms with van der Waals surface area (Å²) in [6.45, 7) is -3.93. The van der Waals surface area contributed by atoms with Crippen LogP contribution in [0.3, 0.4) is 0 Å². The van der Waals surface area contributed by atoms with Gasteiger partial charge >= 0.3 is 0 Å². The number of benzene rings is 9. The van der Waals surface area contributed by atoms with Gasteiger partial charge in [-0.3, -0.25) is 0 Å². The second-order valence-corrected chi connectivity index (χ2v) is 19.8. The Bertz CT molecular complexity index is 5530. The smallest absolute Gasteiger partial charge is 0.0653 e. The minimum Gasteiger partial charge on any atom is -0.310 e. The predicted molar refractivity (Wildman–Crippen MR) is 311 cm³/mol. The SMILES string of the molecule is [2H]c1c([2H])c([2H])c(N(c2c([2H])c([2H])c(C([2H])(C([2H])([2H])[2H])C([2H])([2H])[2H])c([2H])c2[2H])c2ccc3c4c([2H])c5c(c([2H])c4n4c6c(C(C)(C)C)cccc6c2c34)c2ccc(N(c3c([2H])c([2H])c([2H])c([2H])c3[2H])c3c([2H])c([2H])c(C([2H])(C([2H])([2H])[2H])C([2H])([2H])[2H])c([2H])c3[2H])c3c4cccc(C(C)(C)C)c4n5c23)c([2H])c1[2H]. The summed E-state index contributed by atoms with van der Waals surface area (Å²) in [6.07, 6.45) is 0. The van der Waals surface area contributed by atoms with Crippen molar-refractivity contribution in [3.63, 3.8) is 0 Å². The van der Waals surface area contributed by atoms with Crippen molar-refractivity contribution in [2.24, 2.45) is 0 Å². The van der Waals surface area contributed by atoms with Gasteiger partial charge < -0.3 is 18.6 Å². The number of para-hydroxylation sites is 4. The minimum atomic E-state index is -3.82. The van der Waals surface area contributed by atoms with Crippen LogP contribution in [0.2, 0.25) is 0 Å². The molecule has 0 aliphatic heterocycles. The van der Waals surface area contributed by atoms with Gasteiger partial charge in [-0.2, -0.15) is 0 Å². The van der Waals surface area contributed by atoms with E-state index in [2.05, 4.69) is 0 Å². The van der Waals surface area contributed by atoms with E-state index in [1.165, 1.54) is 24.3 Å². The Kier molecular flexibility index (Phi) is 4.64. The Balaban J connectivity index is 1.24. The summed E-state index contributed by atoms with van der Waals surface area (Å²) in [4.78, 5) is 1.76. The van der Waals surface area contributed by atoms with Gasteiger partial charge in [-0.1, -0.05) is 178 Å². The molecule has 0 unspecified atom stereocenters. The fourth-order valence-electron chi connectivity index (χ4n) is 10.5. The molecule has 4 aromatic heterocycles. The van der Waals surface area contributed by atoms with Crippen LogP contribution >= 0.6 is 0 Å². The van der Waals surface area contributed by atoms with Crippen molar-refractivity contribution in [1.82, 2.24) is 8.80 Å². The molecule has 0 bridgehead atoms. The zero-order valence-electron chi connectivity index (χ0n) is 73.6. The zero-order valence-corrected chi connectivity index (χ0v) is 39.6. The number of anilines is 6. The fraction of sp³-hybridized carbons (Fsp3) is 0.206. The Morgan fingerprint density at radius 1 is 0.417 bits per heavy atom. The summed E-state index contributed by atoms with van der Waals surface area (Å²) < 4.78 is 311. The van der Waals surface area contributed by atoms with Gasteiger partial charge in [0.1, 0.15) is 0 Å². The molecule has 13 aromatic rings. The van der Waals surface area contributed by atoms with Crippen LogP contribution in [0, 0.1) is 0 Å². The molecular formula is C68H62N4. The minimum absolute atomic E-state index is 0.0732. The van der Waals surface area contributed by atoms with E-state index in [9.17, 15) is 19.2 Å². The quantitative estimate of drug-likeness (QED) is 0.151. The number of hydrogen-bond donors (Lipinski definition) is 0. The van der Waals surface area contributed by atoms with Gasteiger partial charge in [0.25, 0.3) is 0 Å². The second-order valence-electron chi connectivity index (χ2n) is 19.8. The molecule has 4 nitrogen and oxygen atoms in total. The van der Waals surface area contributed by atoms with Gasteiger partial charge in [0.05, 0.1) is 71.9 Å². The van der Waals surface area contributed by atoms with Crippen molar-refractivity contribution in [3.05, 3.63) is 204 Å². The lowest BCUT2D eigenvalue weighted by Crippen LogP contribution is -2.12. The van der Waals surface area contributed by atoms with Crippen LogP contribution in [0.4, 0.5) is 34.1 Å². The van der Waals surface area contributed by atoms with E-state index in [1.807, 2.05) is 53.7 Å². The molecule has 0 saturated heterocycles. The monoisotopic (exact) mass is 969 g/mol. The highest BCUT2D eigenvalue weighted by molar-refractivity contribution is 6.32. The predicted octanol–water partition coefficient (Wildman–Crippen LogP) is 19.8. The lowest BCUT2D eigenvalue weighted by molar-refractivity contribution is 0.594. The van der Waals surface area contributed by atoms with Crippen LogP contribution in [0.15, 0.2) is 182 Å². The van der Waals surface area contributed by atoms with Gasteiger partial charge in [0.2, 0.25) is 0 Å². The van der Waals surface area contributed by atoms with Gasteiger partial charge in [-0.25, -0.2) is 0 Å². The van der Waals surface area contributed by atoms with Crippen molar-refractivity contribution >= 4 is 110 Å². The number of fused-ring (bicyclic) bond motifs is 12. The summed E-state index contributed by atoms with van der Waals surface area (Å²) in [5, 5.41) is 1.50.